The fourth-order valence-corrected chi connectivity index (χ4v) is 5.42. The van der Waals surface area contributed by atoms with Crippen LogP contribution in [0.4, 0.5) is 5.69 Å². The molecule has 0 aliphatic heterocycles. The van der Waals surface area contributed by atoms with Gasteiger partial charge in [0, 0.05) is 11.6 Å². The number of anilines is 1. The number of pyridine rings is 1. The van der Waals surface area contributed by atoms with Gasteiger partial charge in [-0.15, -0.1) is 22.7 Å². The lowest BCUT2D eigenvalue weighted by Gasteiger charge is -2.08. The number of carbonyl (C=O) groups excluding carboxylic acids is 1. The van der Waals surface area contributed by atoms with Crippen molar-refractivity contribution in [3.63, 3.8) is 0 Å². The van der Waals surface area contributed by atoms with Crippen LogP contribution in [0.2, 0.25) is 0 Å². The fourth-order valence-electron chi connectivity index (χ4n) is 2.91. The molecule has 0 bridgehead atoms. The number of rotatable bonds is 4. The van der Waals surface area contributed by atoms with Crippen LogP contribution in [0, 0.1) is 0 Å². The lowest BCUT2D eigenvalue weighted by Crippen LogP contribution is -2.04. The van der Waals surface area contributed by atoms with Crippen LogP contribution in [0.15, 0.2) is 29.1 Å². The second-order valence-corrected chi connectivity index (χ2v) is 8.03. The van der Waals surface area contributed by atoms with Crippen molar-refractivity contribution in [1.29, 1.82) is 0 Å². The van der Waals surface area contributed by atoms with Crippen LogP contribution >= 0.6 is 22.7 Å². The Kier molecular flexibility index (Phi) is 4.05. The highest BCUT2D eigenvalue weighted by Crippen LogP contribution is 2.46. The van der Waals surface area contributed by atoms with Gasteiger partial charge in [0.2, 0.25) is 5.78 Å². The number of nitrogen functional groups attached to an aromatic ring is 1. The molecule has 4 N–H and O–H groups in total. The summed E-state index contributed by atoms with van der Waals surface area (Å²) < 4.78 is 11.7. The Morgan fingerprint density at radius 2 is 1.89 bits per heavy atom. The number of nitrogens with one attached hydrogen (secondary N) is 1. The van der Waals surface area contributed by atoms with Gasteiger partial charge < -0.3 is 25.3 Å². The normalized spacial score (nSPS) is 11.2. The largest absolute Gasteiger partial charge is 0.506 e. The van der Waals surface area contributed by atoms with Crippen LogP contribution in [0.25, 0.3) is 19.6 Å². The van der Waals surface area contributed by atoms with E-state index in [1.54, 1.807) is 18.2 Å². The maximum Gasteiger partial charge on any atom is 0.252 e. The molecule has 4 aromatic rings. The second-order valence-electron chi connectivity index (χ2n) is 5.73. The minimum absolute atomic E-state index is 0.102. The summed E-state index contributed by atoms with van der Waals surface area (Å²) in [6, 6.07) is 6.01. The minimum atomic E-state index is -0.432. The van der Waals surface area contributed by atoms with Gasteiger partial charge in [-0.05, 0) is 18.2 Å². The lowest BCUT2D eigenvalue weighted by molar-refractivity contribution is 0.104. The van der Waals surface area contributed by atoms with Crippen molar-refractivity contribution in [3.8, 4) is 17.2 Å². The SMILES string of the molecule is COc1ccc(C(=O)c2sc3sc4c(O)cc(=O)[nH]c4c3c2N)cc1OC. The number of carbonyl (C=O) groups is 1. The number of aromatic nitrogens is 1. The summed E-state index contributed by atoms with van der Waals surface area (Å²) in [5.74, 6) is 0.611. The van der Waals surface area contributed by atoms with Gasteiger partial charge in [0.15, 0.2) is 11.5 Å². The third-order valence-electron chi connectivity index (χ3n) is 4.19. The molecular formula is C18H14N2O5S2. The van der Waals surface area contributed by atoms with Crippen molar-refractivity contribution in [2.75, 3.05) is 20.0 Å². The van der Waals surface area contributed by atoms with Crippen LogP contribution in [0.5, 0.6) is 17.2 Å². The van der Waals surface area contributed by atoms with E-state index < -0.39 is 5.56 Å². The molecule has 0 aliphatic rings. The summed E-state index contributed by atoms with van der Waals surface area (Å²) in [4.78, 5) is 27.8. The van der Waals surface area contributed by atoms with Gasteiger partial charge >= 0.3 is 0 Å². The Bertz CT molecular complexity index is 1270. The van der Waals surface area contributed by atoms with E-state index in [-0.39, 0.29) is 17.2 Å². The van der Waals surface area contributed by atoms with Crippen molar-refractivity contribution in [1.82, 2.24) is 4.98 Å². The van der Waals surface area contributed by atoms with E-state index in [0.29, 0.717) is 37.5 Å². The summed E-state index contributed by atoms with van der Waals surface area (Å²) >= 11 is 2.51. The number of nitrogens with two attached hydrogens (primary N) is 1. The predicted octanol–water partition coefficient (Wildman–Crippen LogP) is 3.34. The van der Waals surface area contributed by atoms with Crippen LogP contribution in [0.1, 0.15) is 15.2 Å². The molecule has 7 nitrogen and oxygen atoms in total. The smallest absolute Gasteiger partial charge is 0.252 e. The molecule has 0 saturated heterocycles. The maximum atomic E-state index is 13.0. The molecule has 27 heavy (non-hydrogen) atoms. The van der Waals surface area contributed by atoms with Crippen molar-refractivity contribution in [3.05, 3.63) is 45.1 Å². The quantitative estimate of drug-likeness (QED) is 0.451. The highest BCUT2D eigenvalue weighted by molar-refractivity contribution is 7.42. The van der Waals surface area contributed by atoms with Crippen LogP contribution in [-0.4, -0.2) is 30.1 Å². The van der Waals surface area contributed by atoms with E-state index in [9.17, 15) is 14.7 Å². The first-order valence-corrected chi connectivity index (χ1v) is 9.41. The number of hydrogen-bond donors (Lipinski definition) is 3. The summed E-state index contributed by atoms with van der Waals surface area (Å²) in [6.07, 6.45) is 0. The molecule has 0 fully saturated rings. The Balaban J connectivity index is 1.88. The first-order chi connectivity index (χ1) is 12.9. The van der Waals surface area contributed by atoms with Gasteiger partial charge in [0.05, 0.1) is 39.5 Å². The Hall–Kier alpha value is -3.04. The number of aromatic amines is 1. The number of fused-ring (bicyclic) bond motifs is 3. The van der Waals surface area contributed by atoms with Crippen molar-refractivity contribution < 1.29 is 19.4 Å². The summed E-state index contributed by atoms with van der Waals surface area (Å²) in [5, 5.41) is 10.6. The Labute approximate surface area is 160 Å². The third kappa shape index (κ3) is 2.63. The standard InChI is InChI=1S/C18H14N2O5S2/c1-24-9-4-3-7(5-10(9)25-2)15(23)17-13(19)12-14-16(26-18(12)27-17)8(21)6-11(22)20-14/h3-6H,19H2,1-2H3,(H2,20,21,22). The third-order valence-corrected chi connectivity index (χ3v) is 6.69. The van der Waals surface area contributed by atoms with E-state index in [1.807, 2.05) is 0 Å². The fraction of sp³-hybridized carbons (Fsp3) is 0.111. The number of methoxy groups -OCH3 is 2. The molecule has 0 aliphatic carbocycles. The highest BCUT2D eigenvalue weighted by atomic mass is 32.2. The van der Waals surface area contributed by atoms with E-state index in [2.05, 4.69) is 4.98 Å². The van der Waals surface area contributed by atoms with E-state index >= 15 is 0 Å². The van der Waals surface area contributed by atoms with Crippen molar-refractivity contribution in [2.45, 2.75) is 0 Å². The van der Waals surface area contributed by atoms with Gasteiger partial charge in [0.25, 0.3) is 5.56 Å². The highest BCUT2D eigenvalue weighted by Gasteiger charge is 2.23. The first kappa shape index (κ1) is 17.4. The molecule has 1 aromatic carbocycles. The summed E-state index contributed by atoms with van der Waals surface area (Å²) in [7, 11) is 3.02. The van der Waals surface area contributed by atoms with Gasteiger partial charge in [0.1, 0.15) is 10.6 Å². The second kappa shape index (κ2) is 6.29. The lowest BCUT2D eigenvalue weighted by atomic mass is 10.1. The molecule has 9 heteroatoms. The zero-order chi connectivity index (χ0) is 19.3. The molecule has 0 spiro atoms. The van der Waals surface area contributed by atoms with Gasteiger partial charge in [-0.1, -0.05) is 0 Å². The number of thiophene rings is 2. The molecule has 3 aromatic heterocycles. The van der Waals surface area contributed by atoms with Crippen LogP contribution in [0.3, 0.4) is 0 Å². The van der Waals surface area contributed by atoms with Crippen molar-refractivity contribution in [2.24, 2.45) is 0 Å². The van der Waals surface area contributed by atoms with Gasteiger partial charge in [-0.2, -0.15) is 0 Å². The molecule has 0 radical (unpaired) electrons. The molecule has 138 valence electrons. The summed E-state index contributed by atoms with van der Waals surface area (Å²) in [6.45, 7) is 0. The molecule has 0 atom stereocenters. The molecule has 3 heterocycles. The zero-order valence-electron chi connectivity index (χ0n) is 14.3. The topological polar surface area (TPSA) is 115 Å². The number of hydrogen-bond acceptors (Lipinski definition) is 8. The average molecular weight is 402 g/mol. The van der Waals surface area contributed by atoms with Gasteiger partial charge in [-0.25, -0.2) is 0 Å². The molecule has 0 amide bonds. The van der Waals surface area contributed by atoms with E-state index in [1.165, 1.54) is 36.9 Å². The molecule has 4 rings (SSSR count). The number of benzene rings is 1. The van der Waals surface area contributed by atoms with Crippen molar-refractivity contribution >= 4 is 53.8 Å². The van der Waals surface area contributed by atoms with E-state index in [4.69, 9.17) is 15.2 Å². The monoisotopic (exact) mass is 402 g/mol. The van der Waals surface area contributed by atoms with Crippen LogP contribution in [-0.2, 0) is 0 Å². The van der Waals surface area contributed by atoms with Gasteiger partial charge in [-0.3, -0.25) is 9.59 Å². The number of aromatic hydroxyl groups is 1. The number of ether oxygens (including phenoxy) is 2. The predicted molar refractivity (Wildman–Crippen MR) is 107 cm³/mol. The Morgan fingerprint density at radius 1 is 1.15 bits per heavy atom. The first-order valence-electron chi connectivity index (χ1n) is 7.78. The average Bonchev–Trinajstić information content (AvgIpc) is 3.18. The molecular weight excluding hydrogens is 388 g/mol. The molecule has 0 saturated carbocycles. The summed E-state index contributed by atoms with van der Waals surface area (Å²) in [5.41, 5.74) is 6.95. The maximum absolute atomic E-state index is 13.0. The zero-order valence-corrected chi connectivity index (χ0v) is 15.9. The number of ketones is 1. The minimum Gasteiger partial charge on any atom is -0.506 e. The molecule has 0 unspecified atom stereocenters. The van der Waals surface area contributed by atoms with Crippen LogP contribution < -0.4 is 20.8 Å². The number of H-pyrrole nitrogens is 1. The van der Waals surface area contributed by atoms with E-state index in [0.717, 1.165) is 10.1 Å². The Morgan fingerprint density at radius 3 is 2.59 bits per heavy atom.